The Hall–Kier alpha value is -4.05. The number of rotatable bonds is 5. The average Bonchev–Trinajstić information content (AvgIpc) is 3.24. The lowest BCUT2D eigenvalue weighted by molar-refractivity contribution is -0.111. The average molecular weight is 371 g/mol. The van der Waals surface area contributed by atoms with Crippen molar-refractivity contribution in [1.29, 1.82) is 5.26 Å². The molecule has 2 aromatic carbocycles. The van der Waals surface area contributed by atoms with Gasteiger partial charge < -0.3 is 19.9 Å². The Balaban J connectivity index is 1.55. The molecule has 0 bridgehead atoms. The fraction of sp³-hybridized carbons (Fsp3) is 0.0952. The minimum absolute atomic E-state index is 0.272. The zero-order chi connectivity index (χ0) is 19.5. The van der Waals surface area contributed by atoms with Crippen LogP contribution in [0.3, 0.4) is 0 Å². The van der Waals surface area contributed by atoms with Crippen LogP contribution in [-0.4, -0.2) is 20.4 Å². The first-order chi connectivity index (χ1) is 13.6. The summed E-state index contributed by atoms with van der Waals surface area (Å²) in [5, 5.41) is 12.7. The van der Waals surface area contributed by atoms with Gasteiger partial charge in [-0.05, 0) is 30.3 Å². The summed E-state index contributed by atoms with van der Waals surface area (Å²) < 4.78 is 2.02. The van der Waals surface area contributed by atoms with E-state index in [0.29, 0.717) is 29.7 Å². The summed E-state index contributed by atoms with van der Waals surface area (Å²) >= 11 is 0. The van der Waals surface area contributed by atoms with E-state index < -0.39 is 0 Å². The molecule has 0 atom stereocenters. The Morgan fingerprint density at radius 1 is 1.18 bits per heavy atom. The highest BCUT2D eigenvalue weighted by atomic mass is 16.1. The first-order valence-electron chi connectivity index (χ1n) is 8.80. The summed E-state index contributed by atoms with van der Waals surface area (Å²) in [5.41, 5.74) is 3.56. The third-order valence-electron chi connectivity index (χ3n) is 4.48. The van der Waals surface area contributed by atoms with E-state index in [2.05, 4.69) is 21.4 Å². The van der Waals surface area contributed by atoms with E-state index in [9.17, 15) is 9.59 Å². The van der Waals surface area contributed by atoms with Crippen LogP contribution in [0.4, 0.5) is 5.69 Å². The number of aromatic amines is 2. The van der Waals surface area contributed by atoms with Gasteiger partial charge in [-0.2, -0.15) is 5.26 Å². The summed E-state index contributed by atoms with van der Waals surface area (Å²) in [5.74, 6) is -0.272. The van der Waals surface area contributed by atoms with Crippen molar-refractivity contribution in [2.75, 3.05) is 5.32 Å². The van der Waals surface area contributed by atoms with E-state index in [0.717, 1.165) is 16.5 Å². The molecule has 3 N–H and O–H groups in total. The first kappa shape index (κ1) is 17.4. The van der Waals surface area contributed by atoms with Gasteiger partial charge >= 0.3 is 5.69 Å². The van der Waals surface area contributed by atoms with Gasteiger partial charge in [0.15, 0.2) is 0 Å². The number of aryl methyl sites for hydroxylation is 1. The second kappa shape index (κ2) is 7.29. The van der Waals surface area contributed by atoms with Crippen molar-refractivity contribution in [3.8, 4) is 6.07 Å². The van der Waals surface area contributed by atoms with Gasteiger partial charge in [-0.25, -0.2) is 4.79 Å². The van der Waals surface area contributed by atoms with E-state index in [1.807, 2.05) is 35.0 Å². The number of H-pyrrole nitrogens is 2. The molecular weight excluding hydrogens is 354 g/mol. The van der Waals surface area contributed by atoms with Crippen LogP contribution in [-0.2, 0) is 11.3 Å². The number of carbonyl (C=O) groups is 1. The number of nitrogens with one attached hydrogen (secondary N) is 3. The number of fused-ring (bicyclic) bond motifs is 2. The predicted octanol–water partition coefficient (Wildman–Crippen LogP) is 3.38. The van der Waals surface area contributed by atoms with Crippen LogP contribution in [0.15, 0.2) is 59.5 Å². The molecule has 2 aromatic heterocycles. The van der Waals surface area contributed by atoms with Crippen molar-refractivity contribution in [2.45, 2.75) is 13.0 Å². The number of imidazole rings is 1. The number of benzene rings is 2. The van der Waals surface area contributed by atoms with Crippen LogP contribution in [0.25, 0.3) is 28.0 Å². The first-order valence-corrected chi connectivity index (χ1v) is 8.80. The van der Waals surface area contributed by atoms with Crippen molar-refractivity contribution in [3.05, 3.63) is 70.8 Å². The number of hydrogen-bond donors (Lipinski definition) is 3. The molecule has 0 spiro atoms. The van der Waals surface area contributed by atoms with Gasteiger partial charge in [0.2, 0.25) is 5.91 Å². The standard InChI is InChI=1S/C21H17N5O2/c22-10-3-11-26-13-14(16-4-1-2-5-19(16)26)6-9-20(27)23-15-7-8-17-18(12-15)25-21(28)24-17/h1-2,4-9,12-13H,3,11H2,(H,23,27)(H2,24,25,28)/b9-6+. The molecule has 0 unspecified atom stereocenters. The van der Waals surface area contributed by atoms with Gasteiger partial charge in [0.05, 0.1) is 23.5 Å². The van der Waals surface area contributed by atoms with Crippen LogP contribution >= 0.6 is 0 Å². The molecule has 1 amide bonds. The van der Waals surface area contributed by atoms with Gasteiger partial charge in [0, 0.05) is 41.0 Å². The molecule has 0 saturated heterocycles. The van der Waals surface area contributed by atoms with Gasteiger partial charge in [-0.3, -0.25) is 4.79 Å². The Bertz CT molecular complexity index is 1300. The molecule has 0 saturated carbocycles. The van der Waals surface area contributed by atoms with Gasteiger partial charge in [0.25, 0.3) is 0 Å². The summed E-state index contributed by atoms with van der Waals surface area (Å²) in [7, 11) is 0. The Morgan fingerprint density at radius 2 is 2.00 bits per heavy atom. The molecule has 0 fully saturated rings. The monoisotopic (exact) mass is 371 g/mol. The van der Waals surface area contributed by atoms with E-state index >= 15 is 0 Å². The minimum atomic E-state index is -0.286. The van der Waals surface area contributed by atoms with Gasteiger partial charge in [-0.1, -0.05) is 18.2 Å². The van der Waals surface area contributed by atoms with Crippen molar-refractivity contribution in [2.24, 2.45) is 0 Å². The molecule has 0 aliphatic carbocycles. The minimum Gasteiger partial charge on any atom is -0.346 e. The third-order valence-corrected chi connectivity index (χ3v) is 4.48. The number of nitriles is 1. The molecule has 7 heteroatoms. The SMILES string of the molecule is N#CCCn1cc(/C=C/C(=O)Nc2ccc3[nH]c(=O)[nH]c3c2)c2ccccc21. The zero-order valence-corrected chi connectivity index (χ0v) is 14.9. The van der Waals surface area contributed by atoms with Crippen LogP contribution in [0.1, 0.15) is 12.0 Å². The highest BCUT2D eigenvalue weighted by Gasteiger charge is 2.07. The topological polar surface area (TPSA) is 106 Å². The number of anilines is 1. The number of carbonyl (C=O) groups excluding carboxylic acids is 1. The van der Waals surface area contributed by atoms with Crippen molar-refractivity contribution in [1.82, 2.24) is 14.5 Å². The lowest BCUT2D eigenvalue weighted by atomic mass is 10.1. The molecule has 4 rings (SSSR count). The number of aromatic nitrogens is 3. The number of nitrogens with zero attached hydrogens (tertiary/aromatic N) is 2. The summed E-state index contributed by atoms with van der Waals surface area (Å²) in [6.07, 6.45) is 5.60. The van der Waals surface area contributed by atoms with E-state index in [1.54, 1.807) is 24.3 Å². The van der Waals surface area contributed by atoms with E-state index in [4.69, 9.17) is 5.26 Å². The van der Waals surface area contributed by atoms with Gasteiger partial charge in [-0.15, -0.1) is 0 Å². The molecule has 4 aromatic rings. The quantitative estimate of drug-likeness (QED) is 0.468. The lowest BCUT2D eigenvalue weighted by Crippen LogP contribution is -2.07. The van der Waals surface area contributed by atoms with E-state index in [-0.39, 0.29) is 11.6 Å². The van der Waals surface area contributed by atoms with Gasteiger partial charge in [0.1, 0.15) is 0 Å². The van der Waals surface area contributed by atoms with Crippen LogP contribution in [0, 0.1) is 11.3 Å². The van der Waals surface area contributed by atoms with Crippen LogP contribution < -0.4 is 11.0 Å². The van der Waals surface area contributed by atoms with Crippen molar-refractivity contribution >= 4 is 39.6 Å². The lowest BCUT2D eigenvalue weighted by Gasteiger charge is -2.01. The Kier molecular flexibility index (Phi) is 4.52. The fourth-order valence-corrected chi connectivity index (χ4v) is 3.22. The second-order valence-electron chi connectivity index (χ2n) is 6.37. The maximum atomic E-state index is 12.3. The predicted molar refractivity (Wildman–Crippen MR) is 109 cm³/mol. The number of amides is 1. The zero-order valence-electron chi connectivity index (χ0n) is 14.9. The Morgan fingerprint density at radius 3 is 2.86 bits per heavy atom. The highest BCUT2D eigenvalue weighted by Crippen LogP contribution is 2.23. The highest BCUT2D eigenvalue weighted by molar-refractivity contribution is 6.04. The summed E-state index contributed by atoms with van der Waals surface area (Å²) in [6.45, 7) is 0.603. The third kappa shape index (κ3) is 3.44. The fourth-order valence-electron chi connectivity index (χ4n) is 3.22. The normalized spacial score (nSPS) is 11.2. The molecule has 0 radical (unpaired) electrons. The molecule has 0 aliphatic rings. The van der Waals surface area contributed by atoms with Crippen molar-refractivity contribution < 1.29 is 4.79 Å². The largest absolute Gasteiger partial charge is 0.346 e. The molecule has 138 valence electrons. The molecule has 28 heavy (non-hydrogen) atoms. The number of hydrogen-bond acceptors (Lipinski definition) is 3. The van der Waals surface area contributed by atoms with Crippen LogP contribution in [0.2, 0.25) is 0 Å². The molecule has 7 nitrogen and oxygen atoms in total. The maximum Gasteiger partial charge on any atom is 0.323 e. The molecule has 0 aliphatic heterocycles. The summed E-state index contributed by atoms with van der Waals surface area (Å²) in [6, 6.07) is 15.2. The molecule has 2 heterocycles. The summed E-state index contributed by atoms with van der Waals surface area (Å²) in [4.78, 5) is 29.0. The van der Waals surface area contributed by atoms with Crippen LogP contribution in [0.5, 0.6) is 0 Å². The smallest absolute Gasteiger partial charge is 0.323 e. The van der Waals surface area contributed by atoms with Crippen molar-refractivity contribution in [3.63, 3.8) is 0 Å². The Labute approximate surface area is 159 Å². The second-order valence-corrected chi connectivity index (χ2v) is 6.37. The number of para-hydroxylation sites is 1. The maximum absolute atomic E-state index is 12.3. The van der Waals surface area contributed by atoms with E-state index in [1.165, 1.54) is 6.08 Å². The molecular formula is C21H17N5O2.